The number of hydrogen-bond acceptors (Lipinski definition) is 0. The van der Waals surface area contributed by atoms with Crippen molar-refractivity contribution in [2.45, 2.75) is 136 Å². The van der Waals surface area contributed by atoms with Crippen LogP contribution in [-0.4, -0.2) is 0 Å². The summed E-state index contributed by atoms with van der Waals surface area (Å²) in [5.74, 6) is 5.26. The van der Waals surface area contributed by atoms with E-state index < -0.39 is 0 Å². The summed E-state index contributed by atoms with van der Waals surface area (Å²) in [5.41, 5.74) is 7.05. The summed E-state index contributed by atoms with van der Waals surface area (Å²) in [6.45, 7) is 22.1. The Bertz CT molecular complexity index is 1370. The van der Waals surface area contributed by atoms with E-state index in [4.69, 9.17) is 0 Å². The van der Waals surface area contributed by atoms with Crippen molar-refractivity contribution in [2.75, 3.05) is 0 Å². The average Bonchev–Trinajstić information content (AvgIpc) is 3.09. The number of benzene rings is 3. The Morgan fingerprint density at radius 3 is 0.878 bits per heavy atom. The first kappa shape index (κ1) is 37.1. The van der Waals surface area contributed by atoms with E-state index in [2.05, 4.69) is 153 Å². The minimum Gasteiger partial charge on any atom is -0.180 e. The molecule has 0 nitrogen and oxygen atoms in total. The normalized spacial score (nSPS) is 39.4. The standard InChI is InChI=1S/3C16H21.Ir/c3*1-12-9-10-14-11-16(12,15(14,2)3)13-7-5-4-6-8-13;/h3*4-7,12,14H,9-11H2,1-3H3;/q3*-1;+3. The van der Waals surface area contributed by atoms with E-state index in [9.17, 15) is 0 Å². The molecule has 9 atom stereocenters. The van der Waals surface area contributed by atoms with Gasteiger partial charge < -0.3 is 0 Å². The first-order valence-corrected chi connectivity index (χ1v) is 19.7. The molecule has 1 heteroatoms. The maximum atomic E-state index is 3.50. The van der Waals surface area contributed by atoms with E-state index in [1.807, 2.05) is 0 Å². The number of rotatable bonds is 3. The monoisotopic (exact) mass is 832 g/mol. The Hall–Kier alpha value is -1.69. The third kappa shape index (κ3) is 5.12. The predicted molar refractivity (Wildman–Crippen MR) is 202 cm³/mol. The van der Waals surface area contributed by atoms with Crippen LogP contribution in [0.25, 0.3) is 0 Å². The van der Waals surface area contributed by atoms with Crippen LogP contribution in [0.1, 0.15) is 137 Å². The fraction of sp³-hybridized carbons (Fsp3) is 0.625. The fourth-order valence-corrected chi connectivity index (χ4v) is 13.6. The second kappa shape index (κ2) is 13.1. The Morgan fingerprint density at radius 1 is 0.429 bits per heavy atom. The van der Waals surface area contributed by atoms with Crippen molar-refractivity contribution in [3.05, 3.63) is 108 Å². The SMILES string of the molecule is CC1CCC2CC1(c1[c-]cccc1)C2(C)C.CC1CCC2CC1(c1[c-]cccc1)C2(C)C.CC1CCC2CC1(c1[c-]cccc1)C2(C)C.[Ir+3]. The molecular formula is C48H63Ir. The van der Waals surface area contributed by atoms with Gasteiger partial charge in [-0.05, 0) is 126 Å². The van der Waals surface area contributed by atoms with Crippen molar-refractivity contribution in [3.8, 4) is 0 Å². The molecule has 9 fully saturated rings. The first-order valence-electron chi connectivity index (χ1n) is 19.7. The molecule has 9 aliphatic rings. The van der Waals surface area contributed by atoms with Crippen LogP contribution < -0.4 is 0 Å². The van der Waals surface area contributed by atoms with E-state index >= 15 is 0 Å². The zero-order valence-corrected chi connectivity index (χ0v) is 34.5. The quantitative estimate of drug-likeness (QED) is 0.231. The smallest absolute Gasteiger partial charge is 0.180 e. The van der Waals surface area contributed by atoms with Gasteiger partial charge in [-0.1, -0.05) is 62.3 Å². The molecule has 0 aromatic heterocycles. The van der Waals surface area contributed by atoms with Crippen LogP contribution in [0.4, 0.5) is 0 Å². The molecule has 9 unspecified atom stereocenters. The van der Waals surface area contributed by atoms with Crippen molar-refractivity contribution in [1.82, 2.24) is 0 Å². The van der Waals surface area contributed by atoms with Gasteiger partial charge in [0.1, 0.15) is 0 Å². The van der Waals surface area contributed by atoms with E-state index in [1.165, 1.54) is 74.5 Å². The van der Waals surface area contributed by atoms with Gasteiger partial charge in [-0.25, -0.2) is 0 Å². The van der Waals surface area contributed by atoms with Gasteiger partial charge in [0.05, 0.1) is 0 Å². The van der Waals surface area contributed by atoms with Crippen LogP contribution in [0.5, 0.6) is 0 Å². The molecule has 0 N–H and O–H groups in total. The molecule has 0 spiro atoms. The van der Waals surface area contributed by atoms with Crippen LogP contribution in [0.3, 0.4) is 0 Å². The van der Waals surface area contributed by atoms with Crippen LogP contribution in [0, 0.1) is 70.0 Å². The minimum absolute atomic E-state index is 0. The molecular weight excluding hydrogens is 769 g/mol. The van der Waals surface area contributed by atoms with Gasteiger partial charge in [0.25, 0.3) is 0 Å². The molecule has 9 saturated carbocycles. The first-order chi connectivity index (χ1) is 22.8. The predicted octanol–water partition coefficient (Wildman–Crippen LogP) is 12.6. The topological polar surface area (TPSA) is 0 Å². The van der Waals surface area contributed by atoms with Gasteiger partial charge in [0.15, 0.2) is 0 Å². The molecule has 3 aromatic carbocycles. The van der Waals surface area contributed by atoms with E-state index in [-0.39, 0.29) is 20.1 Å². The zero-order chi connectivity index (χ0) is 34.2. The summed E-state index contributed by atoms with van der Waals surface area (Å²) in [4.78, 5) is 0. The van der Waals surface area contributed by atoms with Gasteiger partial charge in [0, 0.05) is 0 Å². The van der Waals surface area contributed by atoms with Crippen LogP contribution in [0.2, 0.25) is 0 Å². The summed E-state index contributed by atoms with van der Waals surface area (Å²) in [6, 6.07) is 36.4. The third-order valence-corrected chi connectivity index (χ3v) is 17.2. The van der Waals surface area contributed by atoms with Crippen molar-refractivity contribution >= 4 is 0 Å². The molecule has 0 heterocycles. The molecule has 6 bridgehead atoms. The molecule has 0 saturated heterocycles. The van der Waals surface area contributed by atoms with Crippen molar-refractivity contribution < 1.29 is 20.1 Å². The van der Waals surface area contributed by atoms with E-state index in [0.717, 1.165) is 35.5 Å². The summed E-state index contributed by atoms with van der Waals surface area (Å²) in [6.07, 6.45) is 12.7. The summed E-state index contributed by atoms with van der Waals surface area (Å²) >= 11 is 0. The average molecular weight is 832 g/mol. The second-order valence-electron chi connectivity index (χ2n) is 19.0. The third-order valence-electron chi connectivity index (χ3n) is 17.2. The van der Waals surface area contributed by atoms with E-state index in [0.29, 0.717) is 32.5 Å². The van der Waals surface area contributed by atoms with Crippen LogP contribution in [0.15, 0.2) is 72.8 Å². The Labute approximate surface area is 314 Å². The minimum atomic E-state index is 0. The Morgan fingerprint density at radius 2 is 0.694 bits per heavy atom. The Balaban J connectivity index is 0.000000126. The molecule has 3 aromatic rings. The van der Waals surface area contributed by atoms with Gasteiger partial charge in [-0.2, -0.15) is 108 Å². The number of fused-ring (bicyclic) bond motifs is 6. The van der Waals surface area contributed by atoms with Crippen LogP contribution in [-0.2, 0) is 36.4 Å². The fourth-order valence-electron chi connectivity index (χ4n) is 13.6. The van der Waals surface area contributed by atoms with Crippen molar-refractivity contribution in [2.24, 2.45) is 51.8 Å². The van der Waals surface area contributed by atoms with Crippen molar-refractivity contribution in [1.29, 1.82) is 0 Å². The molecule has 12 rings (SSSR count). The molecule has 9 aliphatic carbocycles. The van der Waals surface area contributed by atoms with Gasteiger partial charge in [-0.3, -0.25) is 0 Å². The summed E-state index contributed by atoms with van der Waals surface area (Å²) in [7, 11) is 0. The second-order valence-corrected chi connectivity index (χ2v) is 19.0. The largest absolute Gasteiger partial charge is 3.00 e. The molecule has 0 aliphatic heterocycles. The maximum Gasteiger partial charge on any atom is 3.00 e. The molecule has 0 radical (unpaired) electrons. The van der Waals surface area contributed by atoms with Crippen molar-refractivity contribution in [3.63, 3.8) is 0 Å². The van der Waals surface area contributed by atoms with Crippen LogP contribution >= 0.6 is 0 Å². The van der Waals surface area contributed by atoms with Gasteiger partial charge in [-0.15, -0.1) is 0 Å². The Kier molecular flexibility index (Phi) is 9.89. The van der Waals surface area contributed by atoms with Gasteiger partial charge >= 0.3 is 20.1 Å². The maximum absolute atomic E-state index is 3.50. The summed E-state index contributed by atoms with van der Waals surface area (Å²) < 4.78 is 0. The molecule has 0 amide bonds. The zero-order valence-electron chi connectivity index (χ0n) is 32.1. The molecule has 264 valence electrons. The van der Waals surface area contributed by atoms with E-state index in [1.54, 1.807) is 0 Å². The summed E-state index contributed by atoms with van der Waals surface area (Å²) in [5, 5.41) is 0. The number of hydrogen-bond donors (Lipinski definition) is 0. The van der Waals surface area contributed by atoms with Gasteiger partial charge in [0.2, 0.25) is 0 Å². The molecule has 49 heavy (non-hydrogen) atoms.